The number of hydrogen-bond donors (Lipinski definition) is 0. The fourth-order valence-electron chi connectivity index (χ4n) is 1.80. The van der Waals surface area contributed by atoms with Crippen LogP contribution in [-0.4, -0.2) is 38.9 Å². The molecule has 0 saturated heterocycles. The first kappa shape index (κ1) is 13.1. The number of benzene rings is 1. The molecule has 0 bridgehead atoms. The Morgan fingerprint density at radius 2 is 2.17 bits per heavy atom. The molecule has 0 unspecified atom stereocenters. The molecule has 4 heteroatoms. The number of nitrogens with zero attached hydrogens (tertiary/aromatic N) is 1. The van der Waals surface area contributed by atoms with Crippen molar-refractivity contribution in [1.29, 1.82) is 0 Å². The van der Waals surface area contributed by atoms with Crippen LogP contribution in [0.2, 0.25) is 0 Å². The van der Waals surface area contributed by atoms with E-state index in [1.165, 1.54) is 5.56 Å². The third kappa shape index (κ3) is 4.13. The van der Waals surface area contributed by atoms with E-state index < -0.39 is 0 Å². The molecule has 1 aliphatic rings. The molecule has 1 aromatic carbocycles. The van der Waals surface area contributed by atoms with Crippen molar-refractivity contribution in [3.05, 3.63) is 35.9 Å². The second-order valence-electron chi connectivity index (χ2n) is 4.18. The third-order valence-electron chi connectivity index (χ3n) is 2.79. The monoisotopic (exact) mass is 249 g/mol. The molecule has 1 atom stereocenters. The lowest BCUT2D eigenvalue weighted by molar-refractivity contribution is -0.0120. The van der Waals surface area contributed by atoms with Gasteiger partial charge in [-0.2, -0.15) is 0 Å². The van der Waals surface area contributed by atoms with Crippen LogP contribution < -0.4 is 0 Å². The van der Waals surface area contributed by atoms with Crippen LogP contribution >= 0.6 is 0 Å². The maximum atomic E-state index is 5.65. The number of rotatable bonds is 4. The van der Waals surface area contributed by atoms with Crippen LogP contribution in [0.25, 0.3) is 0 Å². The van der Waals surface area contributed by atoms with Gasteiger partial charge in [0, 0.05) is 6.42 Å². The Morgan fingerprint density at radius 1 is 1.33 bits per heavy atom. The van der Waals surface area contributed by atoms with Crippen LogP contribution in [0.3, 0.4) is 0 Å². The highest BCUT2D eigenvalue weighted by Crippen LogP contribution is 2.06. The van der Waals surface area contributed by atoms with Gasteiger partial charge in [-0.25, -0.2) is 0 Å². The zero-order chi connectivity index (χ0) is 12.6. The Labute approximate surface area is 108 Å². The molecule has 1 aromatic rings. The molecule has 0 saturated carbocycles. The molecular weight excluding hydrogens is 230 g/mol. The maximum Gasteiger partial charge on any atom is 0.185 e. The molecule has 1 aliphatic heterocycles. The van der Waals surface area contributed by atoms with E-state index in [1.807, 2.05) is 18.2 Å². The van der Waals surface area contributed by atoms with E-state index in [0.29, 0.717) is 26.4 Å². The van der Waals surface area contributed by atoms with E-state index in [2.05, 4.69) is 17.1 Å². The summed E-state index contributed by atoms with van der Waals surface area (Å²) in [4.78, 5) is 4.34. The van der Waals surface area contributed by atoms with Gasteiger partial charge in [-0.1, -0.05) is 30.3 Å². The van der Waals surface area contributed by atoms with Crippen molar-refractivity contribution < 1.29 is 14.2 Å². The van der Waals surface area contributed by atoms with Gasteiger partial charge in [-0.15, -0.1) is 0 Å². The van der Waals surface area contributed by atoms with E-state index in [4.69, 9.17) is 14.2 Å². The maximum absolute atomic E-state index is 5.65. The zero-order valence-corrected chi connectivity index (χ0v) is 10.7. The summed E-state index contributed by atoms with van der Waals surface area (Å²) in [5.41, 5.74) is 1.17. The molecular formula is C14H19NO3. The minimum absolute atomic E-state index is 0.0290. The number of ether oxygens (including phenoxy) is 3. The van der Waals surface area contributed by atoms with Gasteiger partial charge in [-0.3, -0.25) is 4.99 Å². The molecule has 1 heterocycles. The van der Waals surface area contributed by atoms with Crippen LogP contribution in [0.15, 0.2) is 35.3 Å². The highest BCUT2D eigenvalue weighted by atomic mass is 16.5. The smallest absolute Gasteiger partial charge is 0.185 e. The molecule has 4 nitrogen and oxygen atoms in total. The summed E-state index contributed by atoms with van der Waals surface area (Å²) < 4.78 is 16.4. The highest BCUT2D eigenvalue weighted by molar-refractivity contribution is 5.76. The quantitative estimate of drug-likeness (QED) is 0.819. The van der Waals surface area contributed by atoms with E-state index >= 15 is 0 Å². The van der Waals surface area contributed by atoms with Crippen molar-refractivity contribution in [3.63, 3.8) is 0 Å². The Balaban J connectivity index is 1.72. The molecule has 2 rings (SSSR count). The highest BCUT2D eigenvalue weighted by Gasteiger charge is 2.14. The van der Waals surface area contributed by atoms with Gasteiger partial charge in [-0.05, 0) is 5.56 Å². The Hall–Kier alpha value is -1.39. The summed E-state index contributed by atoms with van der Waals surface area (Å²) in [7, 11) is 1.64. The summed E-state index contributed by atoms with van der Waals surface area (Å²) in [6.45, 7) is 2.43. The van der Waals surface area contributed by atoms with Crippen molar-refractivity contribution in [2.75, 3.05) is 26.9 Å². The molecule has 98 valence electrons. The summed E-state index contributed by atoms with van der Waals surface area (Å²) in [6, 6.07) is 10.1. The van der Waals surface area contributed by atoms with Crippen LogP contribution in [0.4, 0.5) is 0 Å². The van der Waals surface area contributed by atoms with Gasteiger partial charge in [0.05, 0.1) is 33.5 Å². The predicted molar refractivity (Wildman–Crippen MR) is 69.8 cm³/mol. The van der Waals surface area contributed by atoms with Crippen molar-refractivity contribution in [2.45, 2.75) is 19.1 Å². The normalized spacial score (nSPS) is 20.1. The molecule has 0 aliphatic carbocycles. The van der Waals surface area contributed by atoms with E-state index in [1.54, 1.807) is 7.11 Å². The van der Waals surface area contributed by atoms with Gasteiger partial charge in [0.25, 0.3) is 0 Å². The Bertz CT molecular complexity index is 378. The summed E-state index contributed by atoms with van der Waals surface area (Å²) in [5, 5.41) is 0. The summed E-state index contributed by atoms with van der Waals surface area (Å²) in [5.74, 6) is 0.764. The van der Waals surface area contributed by atoms with Gasteiger partial charge >= 0.3 is 0 Å². The Morgan fingerprint density at radius 3 is 2.94 bits per heavy atom. The minimum atomic E-state index is 0.0290. The lowest BCUT2D eigenvalue weighted by Gasteiger charge is -2.13. The lowest BCUT2D eigenvalue weighted by Crippen LogP contribution is -2.22. The first-order valence-electron chi connectivity index (χ1n) is 6.19. The van der Waals surface area contributed by atoms with Gasteiger partial charge in [0.2, 0.25) is 0 Å². The van der Waals surface area contributed by atoms with Crippen molar-refractivity contribution in [2.24, 2.45) is 4.99 Å². The van der Waals surface area contributed by atoms with Crippen molar-refractivity contribution in [1.82, 2.24) is 0 Å². The summed E-state index contributed by atoms with van der Waals surface area (Å²) in [6.07, 6.45) is 0.771. The minimum Gasteiger partial charge on any atom is -0.484 e. The Kier molecular flexibility index (Phi) is 5.17. The number of hydrogen-bond acceptors (Lipinski definition) is 4. The molecule has 0 radical (unpaired) electrons. The molecule has 0 amide bonds. The lowest BCUT2D eigenvalue weighted by atomic mass is 10.2. The van der Waals surface area contributed by atoms with Crippen LogP contribution in [0, 0.1) is 0 Å². The third-order valence-corrected chi connectivity index (χ3v) is 2.79. The first-order valence-corrected chi connectivity index (χ1v) is 6.19. The second-order valence-corrected chi connectivity index (χ2v) is 4.18. The van der Waals surface area contributed by atoms with Gasteiger partial charge < -0.3 is 14.2 Å². The molecule has 18 heavy (non-hydrogen) atoms. The standard InChI is InChI=1S/C14H19NO3/c1-16-14-7-8-18-13(9-15-14)11-17-10-12-5-3-2-4-6-12/h2-6,13H,7-11H2,1H3/t13-/m0/s1. The SMILES string of the molecule is COC1=NC[C@@H](COCc2ccccc2)OCC1. The molecule has 0 fully saturated rings. The van der Waals surface area contributed by atoms with E-state index in [0.717, 1.165) is 12.3 Å². The van der Waals surface area contributed by atoms with Gasteiger partial charge in [0.1, 0.15) is 6.10 Å². The zero-order valence-electron chi connectivity index (χ0n) is 10.7. The van der Waals surface area contributed by atoms with Crippen LogP contribution in [0.5, 0.6) is 0 Å². The average molecular weight is 249 g/mol. The fraction of sp³-hybridized carbons (Fsp3) is 0.500. The van der Waals surface area contributed by atoms with E-state index in [9.17, 15) is 0 Å². The van der Waals surface area contributed by atoms with Crippen molar-refractivity contribution >= 4 is 5.90 Å². The molecule has 0 N–H and O–H groups in total. The second kappa shape index (κ2) is 7.13. The van der Waals surface area contributed by atoms with E-state index in [-0.39, 0.29) is 6.10 Å². The van der Waals surface area contributed by atoms with Crippen molar-refractivity contribution in [3.8, 4) is 0 Å². The topological polar surface area (TPSA) is 40.0 Å². The number of aliphatic imine (C=N–C) groups is 1. The summed E-state index contributed by atoms with van der Waals surface area (Å²) >= 11 is 0. The fourth-order valence-corrected chi connectivity index (χ4v) is 1.80. The molecule has 0 spiro atoms. The van der Waals surface area contributed by atoms with Crippen LogP contribution in [-0.2, 0) is 20.8 Å². The van der Waals surface area contributed by atoms with Crippen LogP contribution in [0.1, 0.15) is 12.0 Å². The van der Waals surface area contributed by atoms with Gasteiger partial charge in [0.15, 0.2) is 5.90 Å². The number of methoxy groups -OCH3 is 1. The first-order chi connectivity index (χ1) is 8.88. The molecule has 0 aromatic heterocycles. The largest absolute Gasteiger partial charge is 0.484 e. The average Bonchev–Trinajstić information content (AvgIpc) is 2.65. The predicted octanol–water partition coefficient (Wildman–Crippen LogP) is 2.04.